The van der Waals surface area contributed by atoms with Crippen molar-refractivity contribution in [1.29, 1.82) is 0 Å². The molecule has 0 spiro atoms. The predicted octanol–water partition coefficient (Wildman–Crippen LogP) is 6.47. The van der Waals surface area contributed by atoms with Crippen molar-refractivity contribution in [1.82, 2.24) is 4.90 Å². The topological polar surface area (TPSA) is 147 Å². The zero-order valence-corrected chi connectivity index (χ0v) is 33.5. The van der Waals surface area contributed by atoms with Gasteiger partial charge in [-0.1, -0.05) is 127 Å². The molecule has 1 heterocycles. The van der Waals surface area contributed by atoms with E-state index in [0.29, 0.717) is 0 Å². The van der Waals surface area contributed by atoms with Crippen molar-refractivity contribution in [3.8, 4) is 0 Å². The molecule has 0 bridgehead atoms. The van der Waals surface area contributed by atoms with E-state index in [1.165, 1.54) is 11.9 Å². The van der Waals surface area contributed by atoms with Crippen LogP contribution in [0.15, 0.2) is 163 Å². The maximum atomic E-state index is 14.0. The van der Waals surface area contributed by atoms with Crippen molar-refractivity contribution < 1.29 is 52.7 Å². The van der Waals surface area contributed by atoms with E-state index >= 15 is 0 Å². The van der Waals surface area contributed by atoms with Gasteiger partial charge in [-0.15, -0.1) is 0 Å². The lowest BCUT2D eigenvalue weighted by atomic mass is 9.80. The molecule has 12 heteroatoms. The molecule has 0 unspecified atom stereocenters. The van der Waals surface area contributed by atoms with Gasteiger partial charge in [-0.2, -0.15) is 0 Å². The first kappa shape index (κ1) is 43.0. The average molecular weight is 814 g/mol. The fourth-order valence-electron chi connectivity index (χ4n) is 7.16. The van der Waals surface area contributed by atoms with Crippen molar-refractivity contribution in [2.45, 2.75) is 50.1 Å². The van der Waals surface area contributed by atoms with Gasteiger partial charge in [0.2, 0.25) is 0 Å². The van der Waals surface area contributed by atoms with Crippen LogP contribution in [0.3, 0.4) is 0 Å². The molecule has 60 heavy (non-hydrogen) atoms. The molecule has 12 nitrogen and oxygen atoms in total. The number of carbonyl (C=O) groups excluding carboxylic acids is 4. The number of aliphatic hydroxyl groups excluding tert-OH is 1. The minimum Gasteiger partial charge on any atom is -0.462 e. The molecule has 1 aliphatic rings. The fraction of sp³-hybridized carbons (Fsp3) is 0.250. The molecule has 6 rings (SSSR count). The molecule has 310 valence electrons. The quantitative estimate of drug-likeness (QED) is 0.0291. The molecule has 1 aliphatic heterocycles. The maximum Gasteiger partial charge on any atom is 0.347 e. The van der Waals surface area contributed by atoms with Crippen molar-refractivity contribution in [3.63, 3.8) is 0 Å². The lowest BCUT2D eigenvalue weighted by Crippen LogP contribution is -2.65. The standard InChI is InChI=1S/C48H47NO11/c1-4-55-45(52)38(46(53)56-5-2)31-49(3)40-42(60-44(51)34-23-13-7-14-24-34)41(59-43(50)33-21-11-6-12-22-33)39(58-47(40)54)32-57-48(35-25-15-8-16-26-35,36-27-17-9-18-28-36)37-29-19-10-20-30-37/h6-31,39-42,47,54H,4-5,32H2,1-3H3/t39-,40-,41-,42-,47+/m1/s1. The van der Waals surface area contributed by atoms with Gasteiger partial charge in [-0.3, -0.25) is 0 Å². The molecule has 0 radical (unpaired) electrons. The SMILES string of the molecule is CCOC(=O)C(=CN(C)[C@@H]1[C@@H](OC(=O)c2ccccc2)[C@H](OC(=O)c2ccccc2)[C@@H](COC(c2ccccc2)(c2ccccc2)c2ccccc2)O[C@@H]1O)C(=O)OCC. The van der Waals surface area contributed by atoms with Crippen LogP contribution in [0.25, 0.3) is 0 Å². The molecular formula is C48H47NO11. The van der Waals surface area contributed by atoms with E-state index in [-0.39, 0.29) is 30.9 Å². The van der Waals surface area contributed by atoms with Crippen LogP contribution in [0.2, 0.25) is 0 Å². The molecule has 1 saturated heterocycles. The van der Waals surface area contributed by atoms with E-state index in [1.54, 1.807) is 74.5 Å². The molecule has 0 aromatic heterocycles. The Bertz CT molecular complexity index is 2090. The Labute approximate surface area is 348 Å². The number of hydrogen-bond donors (Lipinski definition) is 1. The number of esters is 4. The summed E-state index contributed by atoms with van der Waals surface area (Å²) in [5.41, 5.74) is 0.938. The van der Waals surface area contributed by atoms with E-state index in [1.807, 2.05) is 91.0 Å². The van der Waals surface area contributed by atoms with Gasteiger partial charge >= 0.3 is 23.9 Å². The molecule has 1 fully saturated rings. The summed E-state index contributed by atoms with van der Waals surface area (Å²) in [5, 5.41) is 12.0. The fourth-order valence-corrected chi connectivity index (χ4v) is 7.16. The summed E-state index contributed by atoms with van der Waals surface area (Å²) in [4.78, 5) is 55.4. The number of aliphatic hydroxyl groups is 1. The van der Waals surface area contributed by atoms with Crippen LogP contribution in [0, 0.1) is 0 Å². The van der Waals surface area contributed by atoms with E-state index in [4.69, 9.17) is 28.4 Å². The smallest absolute Gasteiger partial charge is 0.347 e. The van der Waals surface area contributed by atoms with Crippen LogP contribution in [-0.4, -0.2) is 91.4 Å². The predicted molar refractivity (Wildman–Crippen MR) is 220 cm³/mol. The second-order valence-electron chi connectivity index (χ2n) is 13.8. The number of carbonyl (C=O) groups is 4. The number of benzene rings is 5. The maximum absolute atomic E-state index is 14.0. The largest absolute Gasteiger partial charge is 0.462 e. The third-order valence-electron chi connectivity index (χ3n) is 9.94. The monoisotopic (exact) mass is 813 g/mol. The highest BCUT2D eigenvalue weighted by Gasteiger charge is 2.53. The molecule has 0 amide bonds. The van der Waals surface area contributed by atoms with E-state index in [9.17, 15) is 24.3 Å². The Kier molecular flexibility index (Phi) is 14.6. The van der Waals surface area contributed by atoms with E-state index in [2.05, 4.69) is 0 Å². The summed E-state index contributed by atoms with van der Waals surface area (Å²) in [5.74, 6) is -3.54. The van der Waals surface area contributed by atoms with Gasteiger partial charge in [0.25, 0.3) is 0 Å². The van der Waals surface area contributed by atoms with Crippen LogP contribution < -0.4 is 0 Å². The zero-order valence-electron chi connectivity index (χ0n) is 33.5. The Morgan fingerprint density at radius 1 is 0.617 bits per heavy atom. The van der Waals surface area contributed by atoms with Gasteiger partial charge in [0, 0.05) is 13.2 Å². The number of ether oxygens (including phenoxy) is 6. The van der Waals surface area contributed by atoms with Gasteiger partial charge in [-0.05, 0) is 54.8 Å². The van der Waals surface area contributed by atoms with Crippen molar-refractivity contribution >= 4 is 23.9 Å². The van der Waals surface area contributed by atoms with Gasteiger partial charge in [0.15, 0.2) is 24.1 Å². The Morgan fingerprint density at radius 2 is 1.00 bits per heavy atom. The molecule has 1 N–H and O–H groups in total. The van der Waals surface area contributed by atoms with Crippen LogP contribution in [-0.2, 0) is 43.6 Å². The van der Waals surface area contributed by atoms with Crippen LogP contribution in [0.5, 0.6) is 0 Å². The highest BCUT2D eigenvalue weighted by Crippen LogP contribution is 2.41. The Hall–Kier alpha value is -6.60. The van der Waals surface area contributed by atoms with E-state index < -0.39 is 65.7 Å². The second kappa shape index (κ2) is 20.4. The van der Waals surface area contributed by atoms with Crippen LogP contribution >= 0.6 is 0 Å². The minimum absolute atomic E-state index is 0.0403. The highest BCUT2D eigenvalue weighted by molar-refractivity contribution is 6.14. The minimum atomic E-state index is -1.79. The van der Waals surface area contributed by atoms with Crippen LogP contribution in [0.4, 0.5) is 0 Å². The zero-order chi connectivity index (χ0) is 42.5. The van der Waals surface area contributed by atoms with Gasteiger partial charge in [0.1, 0.15) is 17.7 Å². The van der Waals surface area contributed by atoms with Crippen LogP contribution in [0.1, 0.15) is 51.3 Å². The second-order valence-corrected chi connectivity index (χ2v) is 13.8. The lowest BCUT2D eigenvalue weighted by molar-refractivity contribution is -0.272. The molecule has 5 atom stereocenters. The van der Waals surface area contributed by atoms with Crippen molar-refractivity contribution in [2.75, 3.05) is 26.9 Å². The molecular weight excluding hydrogens is 767 g/mol. The first-order chi connectivity index (χ1) is 29.2. The first-order valence-corrected chi connectivity index (χ1v) is 19.6. The molecule has 0 saturated carbocycles. The third-order valence-corrected chi connectivity index (χ3v) is 9.94. The summed E-state index contributed by atoms with van der Waals surface area (Å²) in [6.07, 6.45) is -4.91. The summed E-state index contributed by atoms with van der Waals surface area (Å²) >= 11 is 0. The number of rotatable bonds is 16. The van der Waals surface area contributed by atoms with E-state index in [0.717, 1.165) is 22.9 Å². The molecule has 5 aromatic carbocycles. The van der Waals surface area contributed by atoms with Gasteiger partial charge in [-0.25, -0.2) is 19.2 Å². The summed E-state index contributed by atoms with van der Waals surface area (Å²) in [6, 6.07) is 43.7. The lowest BCUT2D eigenvalue weighted by Gasteiger charge is -2.47. The number of hydrogen-bond acceptors (Lipinski definition) is 12. The number of nitrogens with zero attached hydrogens (tertiary/aromatic N) is 1. The Balaban J connectivity index is 1.48. The number of likely N-dealkylation sites (N-methyl/N-ethyl adjacent to an activating group) is 1. The highest BCUT2D eigenvalue weighted by atomic mass is 16.7. The first-order valence-electron chi connectivity index (χ1n) is 19.6. The van der Waals surface area contributed by atoms with Gasteiger partial charge < -0.3 is 38.4 Å². The van der Waals surface area contributed by atoms with Crippen molar-refractivity contribution in [3.05, 3.63) is 191 Å². The summed E-state index contributed by atoms with van der Waals surface area (Å²) in [7, 11) is 1.44. The molecule has 5 aromatic rings. The summed E-state index contributed by atoms with van der Waals surface area (Å²) in [6.45, 7) is 2.77. The average Bonchev–Trinajstić information content (AvgIpc) is 3.28. The van der Waals surface area contributed by atoms with Crippen molar-refractivity contribution in [2.24, 2.45) is 0 Å². The third kappa shape index (κ3) is 9.80. The Morgan fingerprint density at radius 3 is 1.40 bits per heavy atom. The van der Waals surface area contributed by atoms with Gasteiger partial charge in [0.05, 0.1) is 30.9 Å². The normalized spacial score (nSPS) is 18.6. The molecule has 0 aliphatic carbocycles. The summed E-state index contributed by atoms with van der Waals surface area (Å²) < 4.78 is 36.2.